The summed E-state index contributed by atoms with van der Waals surface area (Å²) in [5.41, 5.74) is 0.706. The summed E-state index contributed by atoms with van der Waals surface area (Å²) in [4.78, 5) is 1.46. The first-order valence-corrected chi connectivity index (χ1v) is 15.6. The van der Waals surface area contributed by atoms with Gasteiger partial charge >= 0.3 is 0 Å². The third kappa shape index (κ3) is 6.54. The number of hydrogen-bond acceptors (Lipinski definition) is 4. The molecule has 2 nitrogen and oxygen atoms in total. The summed E-state index contributed by atoms with van der Waals surface area (Å²) in [5, 5.41) is 24.7. The van der Waals surface area contributed by atoms with Crippen LogP contribution in [-0.4, -0.2) is 31.1 Å². The maximum Gasteiger partial charge on any atom is 0.123 e. The minimum absolute atomic E-state index is 0.554. The molecule has 0 aliphatic heterocycles. The van der Waals surface area contributed by atoms with Gasteiger partial charge in [0.25, 0.3) is 0 Å². The van der Waals surface area contributed by atoms with Gasteiger partial charge in [0.2, 0.25) is 0 Å². The molecule has 2 unspecified atom stereocenters. The SMILES string of the molecule is CCCCCCCCCCC1(O)C2=C(C(=S)C=C2)C2=C(C=CC2=S)C1(O)CCCCCCCCCC. The fraction of sp³-hybridized carbons (Fsp3) is 0.688. The van der Waals surface area contributed by atoms with Gasteiger partial charge in [-0.15, -0.1) is 0 Å². The average Bonchev–Trinajstić information content (AvgIpc) is 3.44. The molecule has 0 aromatic rings. The van der Waals surface area contributed by atoms with E-state index in [1.807, 2.05) is 24.3 Å². The van der Waals surface area contributed by atoms with E-state index in [9.17, 15) is 10.2 Å². The molecule has 0 bridgehead atoms. The predicted molar refractivity (Wildman–Crippen MR) is 162 cm³/mol. The smallest absolute Gasteiger partial charge is 0.123 e. The van der Waals surface area contributed by atoms with Crippen LogP contribution >= 0.6 is 24.4 Å². The third-order valence-corrected chi connectivity index (χ3v) is 9.12. The number of hydrogen-bond donors (Lipinski definition) is 2. The lowest BCUT2D eigenvalue weighted by atomic mass is 9.62. The van der Waals surface area contributed by atoms with Gasteiger partial charge in [-0.25, -0.2) is 0 Å². The molecule has 0 saturated carbocycles. The van der Waals surface area contributed by atoms with Crippen LogP contribution in [0, 0.1) is 0 Å². The Labute approximate surface area is 231 Å². The highest BCUT2D eigenvalue weighted by Crippen LogP contribution is 2.54. The first-order chi connectivity index (χ1) is 17.4. The summed E-state index contributed by atoms with van der Waals surface area (Å²) < 4.78 is 0. The maximum absolute atomic E-state index is 12.4. The molecule has 3 aliphatic carbocycles. The Balaban J connectivity index is 1.70. The van der Waals surface area contributed by atoms with Crippen molar-refractivity contribution in [2.45, 2.75) is 141 Å². The highest BCUT2D eigenvalue weighted by atomic mass is 32.1. The van der Waals surface area contributed by atoms with Crippen molar-refractivity contribution in [2.75, 3.05) is 0 Å². The molecule has 3 aliphatic rings. The normalized spacial score (nSPS) is 24.9. The molecular formula is C32H48O2S2. The van der Waals surface area contributed by atoms with Crippen LogP contribution in [0.2, 0.25) is 0 Å². The first kappa shape index (κ1) is 29.6. The standard InChI is InChI=1S/C32H48O2S2/c1-3-5-7-9-11-13-15-17-23-31(33)25-19-21-27(35)29(25)30-26(20-22-28(30)36)32(31,34)24-18-16-14-12-10-8-6-4-2/h19-22,33-34H,3-18,23-24H2,1-2H3. The molecular weight excluding hydrogens is 480 g/mol. The van der Waals surface area contributed by atoms with Crippen molar-refractivity contribution in [2.24, 2.45) is 0 Å². The molecule has 0 heterocycles. The van der Waals surface area contributed by atoms with Crippen molar-refractivity contribution >= 4 is 34.2 Å². The summed E-state index contributed by atoms with van der Waals surface area (Å²) >= 11 is 11.4. The molecule has 0 saturated heterocycles. The molecule has 0 fully saturated rings. The highest BCUT2D eigenvalue weighted by molar-refractivity contribution is 7.82. The van der Waals surface area contributed by atoms with E-state index in [1.54, 1.807) is 0 Å². The largest absolute Gasteiger partial charge is 0.382 e. The van der Waals surface area contributed by atoms with Gasteiger partial charge < -0.3 is 10.2 Å². The van der Waals surface area contributed by atoms with Gasteiger partial charge in [0.05, 0.1) is 0 Å². The van der Waals surface area contributed by atoms with Crippen LogP contribution in [0.5, 0.6) is 0 Å². The van der Waals surface area contributed by atoms with Gasteiger partial charge in [0.15, 0.2) is 0 Å². The summed E-state index contributed by atoms with van der Waals surface area (Å²) in [6.07, 6.45) is 28.1. The monoisotopic (exact) mass is 528 g/mol. The Morgan fingerprint density at radius 2 is 0.806 bits per heavy atom. The van der Waals surface area contributed by atoms with Crippen molar-refractivity contribution < 1.29 is 10.2 Å². The maximum atomic E-state index is 12.4. The number of thiocarbonyl (C=S) groups is 2. The Morgan fingerprint density at radius 3 is 1.14 bits per heavy atom. The van der Waals surface area contributed by atoms with Crippen LogP contribution in [0.25, 0.3) is 0 Å². The lowest BCUT2D eigenvalue weighted by molar-refractivity contribution is -0.115. The molecule has 0 radical (unpaired) electrons. The molecule has 4 heteroatoms. The molecule has 2 atom stereocenters. The van der Waals surface area contributed by atoms with E-state index in [0.29, 0.717) is 12.8 Å². The fourth-order valence-electron chi connectivity index (χ4n) is 6.28. The summed E-state index contributed by atoms with van der Waals surface area (Å²) in [5.74, 6) is 0. The van der Waals surface area contributed by atoms with E-state index in [0.717, 1.165) is 57.7 Å². The zero-order valence-electron chi connectivity index (χ0n) is 22.7. The number of fused-ring (bicyclic) bond motifs is 1. The Hall–Kier alpha value is -0.940. The van der Waals surface area contributed by atoms with Crippen molar-refractivity contribution in [3.63, 3.8) is 0 Å². The predicted octanol–water partition coefficient (Wildman–Crippen LogP) is 9.00. The van der Waals surface area contributed by atoms with Crippen LogP contribution in [0.4, 0.5) is 0 Å². The van der Waals surface area contributed by atoms with Gasteiger partial charge in [-0.2, -0.15) is 0 Å². The minimum Gasteiger partial charge on any atom is -0.382 e. The lowest BCUT2D eigenvalue weighted by Gasteiger charge is -2.49. The number of allylic oxidation sites excluding steroid dienone is 4. The van der Waals surface area contributed by atoms with Crippen LogP contribution in [-0.2, 0) is 0 Å². The third-order valence-electron chi connectivity index (χ3n) is 8.44. The van der Waals surface area contributed by atoms with Crippen molar-refractivity contribution in [3.05, 3.63) is 46.6 Å². The number of rotatable bonds is 18. The van der Waals surface area contributed by atoms with Gasteiger partial charge in [-0.3, -0.25) is 0 Å². The summed E-state index contributed by atoms with van der Waals surface area (Å²) in [7, 11) is 0. The molecule has 200 valence electrons. The first-order valence-electron chi connectivity index (χ1n) is 14.8. The minimum atomic E-state index is -1.33. The van der Waals surface area contributed by atoms with E-state index < -0.39 is 11.2 Å². The van der Waals surface area contributed by atoms with E-state index in [1.165, 1.54) is 77.0 Å². The van der Waals surface area contributed by atoms with E-state index in [4.69, 9.17) is 24.4 Å². The van der Waals surface area contributed by atoms with Crippen LogP contribution in [0.3, 0.4) is 0 Å². The lowest BCUT2D eigenvalue weighted by Crippen LogP contribution is -2.58. The Morgan fingerprint density at radius 1 is 0.500 bits per heavy atom. The van der Waals surface area contributed by atoms with Crippen LogP contribution < -0.4 is 0 Å². The van der Waals surface area contributed by atoms with Gasteiger partial charge in [-0.05, 0) is 36.1 Å². The molecule has 3 rings (SSSR count). The van der Waals surface area contributed by atoms with E-state index >= 15 is 0 Å². The average molecular weight is 529 g/mol. The zero-order valence-corrected chi connectivity index (χ0v) is 24.4. The second-order valence-electron chi connectivity index (χ2n) is 11.1. The molecule has 0 aromatic carbocycles. The van der Waals surface area contributed by atoms with E-state index in [2.05, 4.69) is 13.8 Å². The highest BCUT2D eigenvalue weighted by Gasteiger charge is 2.58. The topological polar surface area (TPSA) is 40.5 Å². The second kappa shape index (κ2) is 14.3. The van der Waals surface area contributed by atoms with E-state index in [-0.39, 0.29) is 0 Å². The molecule has 0 amide bonds. The Kier molecular flexibility index (Phi) is 11.7. The zero-order chi connectivity index (χ0) is 26.0. The molecule has 0 spiro atoms. The molecule has 36 heavy (non-hydrogen) atoms. The van der Waals surface area contributed by atoms with Crippen molar-refractivity contribution in [1.82, 2.24) is 0 Å². The van der Waals surface area contributed by atoms with Crippen molar-refractivity contribution in [3.8, 4) is 0 Å². The van der Waals surface area contributed by atoms with Crippen LogP contribution in [0.15, 0.2) is 46.6 Å². The van der Waals surface area contributed by atoms with Gasteiger partial charge in [-0.1, -0.05) is 153 Å². The molecule has 2 N–H and O–H groups in total. The fourth-order valence-corrected chi connectivity index (χ4v) is 6.84. The van der Waals surface area contributed by atoms with Gasteiger partial charge in [0.1, 0.15) is 11.2 Å². The van der Waals surface area contributed by atoms with Gasteiger partial charge in [0, 0.05) is 20.9 Å². The second-order valence-corrected chi connectivity index (χ2v) is 12.0. The summed E-state index contributed by atoms with van der Waals surface area (Å²) in [6, 6.07) is 0. The van der Waals surface area contributed by atoms with Crippen LogP contribution in [0.1, 0.15) is 129 Å². The van der Waals surface area contributed by atoms with Crippen molar-refractivity contribution in [1.29, 1.82) is 0 Å². The number of aliphatic hydroxyl groups is 2. The Bertz CT molecular complexity index is 835. The quantitative estimate of drug-likeness (QED) is 0.138. The molecule has 0 aromatic heterocycles. The summed E-state index contributed by atoms with van der Waals surface area (Å²) in [6.45, 7) is 4.50. The number of unbranched alkanes of at least 4 members (excludes halogenated alkanes) is 14.